The van der Waals surface area contributed by atoms with Gasteiger partial charge in [0.15, 0.2) is 0 Å². The standard InChI is InChI=1S/C15H16ClNO2S2/c1-11-14(16)5-4-6-15(11)17(2)21(18,19)13-9-7-12(20-3)8-10-13/h4-10H,1-3H3. The van der Waals surface area contributed by atoms with Crippen molar-refractivity contribution >= 4 is 39.1 Å². The lowest BCUT2D eigenvalue weighted by molar-refractivity contribution is 0.594. The molecule has 0 bridgehead atoms. The lowest BCUT2D eigenvalue weighted by Crippen LogP contribution is -2.27. The Morgan fingerprint density at radius 3 is 2.29 bits per heavy atom. The molecule has 0 spiro atoms. The minimum Gasteiger partial charge on any atom is -0.269 e. The Morgan fingerprint density at radius 1 is 1.10 bits per heavy atom. The van der Waals surface area contributed by atoms with Crippen LogP contribution in [-0.2, 0) is 10.0 Å². The van der Waals surface area contributed by atoms with E-state index in [2.05, 4.69) is 0 Å². The summed E-state index contributed by atoms with van der Waals surface area (Å²) in [6, 6.07) is 12.1. The van der Waals surface area contributed by atoms with E-state index in [1.54, 1.807) is 61.2 Å². The minimum absolute atomic E-state index is 0.266. The number of benzene rings is 2. The highest BCUT2D eigenvalue weighted by Crippen LogP contribution is 2.30. The van der Waals surface area contributed by atoms with E-state index in [-0.39, 0.29) is 4.90 Å². The topological polar surface area (TPSA) is 37.4 Å². The van der Waals surface area contributed by atoms with Crippen molar-refractivity contribution in [2.24, 2.45) is 0 Å². The van der Waals surface area contributed by atoms with Crippen molar-refractivity contribution in [2.45, 2.75) is 16.7 Å². The smallest absolute Gasteiger partial charge is 0.264 e. The molecule has 0 fully saturated rings. The van der Waals surface area contributed by atoms with Crippen LogP contribution in [0.5, 0.6) is 0 Å². The molecule has 2 rings (SSSR count). The van der Waals surface area contributed by atoms with Gasteiger partial charge in [-0.3, -0.25) is 4.31 Å². The number of hydrogen-bond acceptors (Lipinski definition) is 3. The molecule has 6 heteroatoms. The Balaban J connectivity index is 2.44. The highest BCUT2D eigenvalue weighted by Gasteiger charge is 2.22. The first-order valence-corrected chi connectivity index (χ1v) is 9.30. The molecule has 0 aliphatic rings. The molecule has 0 aromatic heterocycles. The number of sulfonamides is 1. The lowest BCUT2D eigenvalue weighted by Gasteiger charge is -2.22. The van der Waals surface area contributed by atoms with Crippen molar-refractivity contribution in [3.05, 3.63) is 53.1 Å². The average Bonchev–Trinajstić information content (AvgIpc) is 2.49. The molecule has 0 aliphatic carbocycles. The number of rotatable bonds is 4. The van der Waals surface area contributed by atoms with Crippen molar-refractivity contribution in [3.8, 4) is 0 Å². The first-order valence-electron chi connectivity index (χ1n) is 6.26. The van der Waals surface area contributed by atoms with Crippen LogP contribution in [0.25, 0.3) is 0 Å². The summed E-state index contributed by atoms with van der Waals surface area (Å²) in [4.78, 5) is 1.29. The second kappa shape index (κ2) is 6.30. The minimum atomic E-state index is -3.59. The van der Waals surface area contributed by atoms with E-state index in [1.165, 1.54) is 11.4 Å². The van der Waals surface area contributed by atoms with E-state index < -0.39 is 10.0 Å². The highest BCUT2D eigenvalue weighted by molar-refractivity contribution is 7.98. The Labute approximate surface area is 135 Å². The molecule has 0 saturated heterocycles. The predicted octanol–water partition coefficient (Wildman–Crippen LogP) is 4.20. The van der Waals surface area contributed by atoms with E-state index in [1.807, 2.05) is 6.26 Å². The van der Waals surface area contributed by atoms with E-state index in [9.17, 15) is 8.42 Å². The number of halogens is 1. The second-order valence-corrected chi connectivity index (χ2v) is 7.79. The molecular weight excluding hydrogens is 326 g/mol. The first kappa shape index (κ1) is 16.2. The highest BCUT2D eigenvalue weighted by atomic mass is 35.5. The maximum absolute atomic E-state index is 12.7. The van der Waals surface area contributed by atoms with E-state index >= 15 is 0 Å². The maximum Gasteiger partial charge on any atom is 0.264 e. The molecule has 21 heavy (non-hydrogen) atoms. The predicted molar refractivity (Wildman–Crippen MR) is 90.0 cm³/mol. The Kier molecular flexibility index (Phi) is 4.86. The molecule has 0 radical (unpaired) electrons. The van der Waals surface area contributed by atoms with Crippen molar-refractivity contribution in [2.75, 3.05) is 17.6 Å². The molecule has 2 aromatic carbocycles. The summed E-state index contributed by atoms with van der Waals surface area (Å²) in [6.07, 6.45) is 1.95. The first-order chi connectivity index (χ1) is 9.87. The monoisotopic (exact) mass is 341 g/mol. The van der Waals surface area contributed by atoms with Crippen LogP contribution in [-0.4, -0.2) is 21.7 Å². The summed E-state index contributed by atoms with van der Waals surface area (Å²) in [5, 5.41) is 0.548. The zero-order valence-corrected chi connectivity index (χ0v) is 14.4. The maximum atomic E-state index is 12.7. The quantitative estimate of drug-likeness (QED) is 0.782. The Morgan fingerprint density at radius 2 is 1.71 bits per heavy atom. The zero-order chi connectivity index (χ0) is 15.6. The van der Waals surface area contributed by atoms with Crippen LogP contribution >= 0.6 is 23.4 Å². The fraction of sp³-hybridized carbons (Fsp3) is 0.200. The van der Waals surface area contributed by atoms with Crippen LogP contribution in [0.15, 0.2) is 52.3 Å². The molecule has 0 atom stereocenters. The van der Waals surface area contributed by atoms with Gasteiger partial charge in [-0.25, -0.2) is 8.42 Å². The fourth-order valence-corrected chi connectivity index (χ4v) is 3.80. The summed E-state index contributed by atoms with van der Waals surface area (Å²) in [5.74, 6) is 0. The van der Waals surface area contributed by atoms with Crippen molar-refractivity contribution in [3.63, 3.8) is 0 Å². The zero-order valence-electron chi connectivity index (χ0n) is 12.0. The van der Waals surface area contributed by atoms with Gasteiger partial charge in [-0.1, -0.05) is 17.7 Å². The summed E-state index contributed by atoms with van der Waals surface area (Å²) >= 11 is 7.64. The third kappa shape index (κ3) is 3.20. The van der Waals surface area contributed by atoms with Crippen LogP contribution in [0.4, 0.5) is 5.69 Å². The van der Waals surface area contributed by atoms with Gasteiger partial charge in [-0.2, -0.15) is 0 Å². The number of thioether (sulfide) groups is 1. The molecule has 0 heterocycles. The SMILES string of the molecule is CSc1ccc(S(=O)(=O)N(C)c2cccc(Cl)c2C)cc1. The van der Waals surface area contributed by atoms with E-state index in [0.717, 1.165) is 10.5 Å². The van der Waals surface area contributed by atoms with Gasteiger partial charge < -0.3 is 0 Å². The number of hydrogen-bond donors (Lipinski definition) is 0. The van der Waals surface area contributed by atoms with E-state index in [0.29, 0.717) is 10.7 Å². The summed E-state index contributed by atoms with van der Waals surface area (Å²) in [7, 11) is -2.05. The molecule has 0 amide bonds. The third-order valence-electron chi connectivity index (χ3n) is 3.30. The lowest BCUT2D eigenvalue weighted by atomic mass is 10.2. The molecule has 0 saturated carbocycles. The third-order valence-corrected chi connectivity index (χ3v) is 6.23. The van der Waals surface area contributed by atoms with Crippen LogP contribution < -0.4 is 4.31 Å². The van der Waals surface area contributed by atoms with Crippen molar-refractivity contribution in [1.29, 1.82) is 0 Å². The van der Waals surface area contributed by atoms with Gasteiger partial charge >= 0.3 is 0 Å². The van der Waals surface area contributed by atoms with Gasteiger partial charge in [0.25, 0.3) is 10.0 Å². The molecule has 112 valence electrons. The van der Waals surface area contributed by atoms with Gasteiger partial charge in [-0.05, 0) is 55.1 Å². The van der Waals surface area contributed by atoms with Crippen molar-refractivity contribution in [1.82, 2.24) is 0 Å². The van der Waals surface area contributed by atoms with Crippen LogP contribution in [0.1, 0.15) is 5.56 Å². The van der Waals surface area contributed by atoms with Gasteiger partial charge in [0.2, 0.25) is 0 Å². The van der Waals surface area contributed by atoms with Crippen LogP contribution in [0.2, 0.25) is 5.02 Å². The van der Waals surface area contributed by atoms with Gasteiger partial charge in [0.1, 0.15) is 0 Å². The summed E-state index contributed by atoms with van der Waals surface area (Å²) in [5.41, 5.74) is 1.32. The number of nitrogens with zero attached hydrogens (tertiary/aromatic N) is 1. The Bertz CT molecular complexity index is 743. The largest absolute Gasteiger partial charge is 0.269 e. The average molecular weight is 342 g/mol. The van der Waals surface area contributed by atoms with Gasteiger partial charge in [0, 0.05) is 17.0 Å². The molecule has 0 aliphatic heterocycles. The summed E-state index contributed by atoms with van der Waals surface area (Å²) < 4.78 is 26.6. The number of anilines is 1. The van der Waals surface area contributed by atoms with Gasteiger partial charge in [-0.15, -0.1) is 11.8 Å². The van der Waals surface area contributed by atoms with E-state index in [4.69, 9.17) is 11.6 Å². The van der Waals surface area contributed by atoms with Gasteiger partial charge in [0.05, 0.1) is 10.6 Å². The molecule has 2 aromatic rings. The normalized spacial score (nSPS) is 11.4. The van der Waals surface area contributed by atoms with Crippen molar-refractivity contribution < 1.29 is 8.42 Å². The fourth-order valence-electron chi connectivity index (χ4n) is 1.97. The Hall–Kier alpha value is -1.17. The van der Waals surface area contributed by atoms with Crippen LogP contribution in [0, 0.1) is 6.92 Å². The second-order valence-electron chi connectivity index (χ2n) is 4.53. The molecule has 0 unspecified atom stereocenters. The summed E-state index contributed by atoms with van der Waals surface area (Å²) in [6.45, 7) is 1.81. The molecular formula is C15H16ClNO2S2. The molecule has 0 N–H and O–H groups in total. The molecule has 3 nitrogen and oxygen atoms in total. The van der Waals surface area contributed by atoms with Crippen LogP contribution in [0.3, 0.4) is 0 Å².